The second-order valence-corrected chi connectivity index (χ2v) is 3.94. The Morgan fingerprint density at radius 3 is 2.18 bits per heavy atom. The summed E-state index contributed by atoms with van der Waals surface area (Å²) in [7, 11) is 0. The van der Waals surface area contributed by atoms with Crippen LogP contribution in [0.2, 0.25) is 0 Å². The van der Waals surface area contributed by atoms with E-state index in [9.17, 15) is 22.8 Å². The lowest BCUT2D eigenvalue weighted by atomic mass is 9.93. The molecule has 0 aliphatic rings. The molecule has 0 saturated carbocycles. The predicted molar refractivity (Wildman–Crippen MR) is 54.4 cm³/mol. The summed E-state index contributed by atoms with van der Waals surface area (Å²) in [5.41, 5.74) is -1.58. The number of carboxylic acids is 1. The average molecular weight is 255 g/mol. The van der Waals surface area contributed by atoms with Crippen LogP contribution in [-0.2, 0) is 9.59 Å². The number of carbonyl (C=O) groups excluding carboxylic acids is 1. The van der Waals surface area contributed by atoms with Crippen LogP contribution in [0, 0.1) is 0 Å². The van der Waals surface area contributed by atoms with Crippen LogP contribution >= 0.6 is 0 Å². The van der Waals surface area contributed by atoms with Crippen molar-refractivity contribution in [2.24, 2.45) is 0 Å². The molecule has 0 aromatic rings. The smallest absolute Gasteiger partial charge is 0.389 e. The lowest BCUT2D eigenvalue weighted by Crippen LogP contribution is -2.51. The summed E-state index contributed by atoms with van der Waals surface area (Å²) in [6.07, 6.45) is -5.56. The minimum Gasteiger partial charge on any atom is -0.480 e. The van der Waals surface area contributed by atoms with Crippen LogP contribution in [-0.4, -0.2) is 40.6 Å². The molecule has 0 aliphatic heterocycles. The highest BCUT2D eigenvalue weighted by molar-refractivity contribution is 5.80. The van der Waals surface area contributed by atoms with E-state index >= 15 is 0 Å². The molecular weight excluding hydrogens is 239 g/mol. The number of aliphatic carboxylic acids is 1. The zero-order valence-electron chi connectivity index (χ0n) is 9.75. The fraction of sp³-hybridized carbons (Fsp3) is 0.800. The van der Waals surface area contributed by atoms with Gasteiger partial charge in [-0.05, 0) is 26.7 Å². The van der Waals surface area contributed by atoms with Gasteiger partial charge in [0.05, 0.1) is 0 Å². The van der Waals surface area contributed by atoms with Gasteiger partial charge in [0.15, 0.2) is 0 Å². The Kier molecular flexibility index (Phi) is 5.44. The molecule has 0 radical (unpaired) electrons. The van der Waals surface area contributed by atoms with Gasteiger partial charge in [0.1, 0.15) is 5.54 Å². The first-order valence-electron chi connectivity index (χ1n) is 5.19. The summed E-state index contributed by atoms with van der Waals surface area (Å²) in [6.45, 7) is 2.96. The van der Waals surface area contributed by atoms with Gasteiger partial charge in [0.2, 0.25) is 6.41 Å². The van der Waals surface area contributed by atoms with Gasteiger partial charge in [0.25, 0.3) is 0 Å². The van der Waals surface area contributed by atoms with Crippen molar-refractivity contribution in [3.63, 3.8) is 0 Å². The average Bonchev–Trinajstić information content (AvgIpc) is 2.17. The maximum atomic E-state index is 12.0. The largest absolute Gasteiger partial charge is 0.480 e. The van der Waals surface area contributed by atoms with Crippen molar-refractivity contribution in [3.05, 3.63) is 0 Å². The van der Waals surface area contributed by atoms with Crippen molar-refractivity contribution in [1.82, 2.24) is 4.90 Å². The highest BCUT2D eigenvalue weighted by atomic mass is 19.4. The fourth-order valence-corrected chi connectivity index (χ4v) is 1.55. The number of carbonyl (C=O) groups is 2. The van der Waals surface area contributed by atoms with Crippen molar-refractivity contribution in [3.8, 4) is 0 Å². The van der Waals surface area contributed by atoms with Gasteiger partial charge in [-0.15, -0.1) is 0 Å². The van der Waals surface area contributed by atoms with Crippen LogP contribution in [0.1, 0.15) is 33.1 Å². The number of alkyl halides is 3. The van der Waals surface area contributed by atoms with Crippen molar-refractivity contribution < 1.29 is 27.9 Å². The Bertz CT molecular complexity index is 280. The van der Waals surface area contributed by atoms with E-state index in [0.717, 1.165) is 4.90 Å². The molecule has 100 valence electrons. The van der Waals surface area contributed by atoms with Crippen molar-refractivity contribution >= 4 is 12.4 Å². The first-order chi connectivity index (χ1) is 7.67. The number of amides is 1. The summed E-state index contributed by atoms with van der Waals surface area (Å²) < 4.78 is 35.9. The van der Waals surface area contributed by atoms with E-state index in [1.165, 1.54) is 6.92 Å². The summed E-state index contributed by atoms with van der Waals surface area (Å²) in [5, 5.41) is 9.01. The summed E-state index contributed by atoms with van der Waals surface area (Å²) in [6, 6.07) is 0. The first-order valence-corrected chi connectivity index (χ1v) is 5.19. The topological polar surface area (TPSA) is 57.6 Å². The molecule has 1 N–H and O–H groups in total. The van der Waals surface area contributed by atoms with Crippen molar-refractivity contribution in [2.75, 3.05) is 6.54 Å². The van der Waals surface area contributed by atoms with Crippen LogP contribution in [0.5, 0.6) is 0 Å². The molecule has 4 nitrogen and oxygen atoms in total. The van der Waals surface area contributed by atoms with E-state index in [1.54, 1.807) is 6.92 Å². The Morgan fingerprint density at radius 1 is 1.35 bits per heavy atom. The third-order valence-corrected chi connectivity index (χ3v) is 2.69. The SMILES string of the molecule is CCN(C=O)C(C)(CCCC(F)(F)F)C(=O)O. The zero-order chi connectivity index (χ0) is 13.7. The highest BCUT2D eigenvalue weighted by Crippen LogP contribution is 2.27. The number of hydrogen-bond donors (Lipinski definition) is 1. The first kappa shape index (κ1) is 15.7. The van der Waals surface area contributed by atoms with Crippen LogP contribution in [0.15, 0.2) is 0 Å². The van der Waals surface area contributed by atoms with Crippen LogP contribution in [0.25, 0.3) is 0 Å². The van der Waals surface area contributed by atoms with E-state index in [-0.39, 0.29) is 19.4 Å². The monoisotopic (exact) mass is 255 g/mol. The molecule has 0 aromatic heterocycles. The molecule has 1 amide bonds. The Morgan fingerprint density at radius 2 is 1.88 bits per heavy atom. The van der Waals surface area contributed by atoms with Crippen molar-refractivity contribution in [2.45, 2.75) is 44.8 Å². The highest BCUT2D eigenvalue weighted by Gasteiger charge is 2.39. The standard InChI is InChI=1S/C10H16F3NO3/c1-3-14(7-15)9(2,8(16)17)5-4-6-10(11,12)13/h7H,3-6H2,1-2H3,(H,16,17). The Balaban J connectivity index is 4.63. The van der Waals surface area contributed by atoms with Gasteiger partial charge in [-0.2, -0.15) is 13.2 Å². The lowest BCUT2D eigenvalue weighted by molar-refractivity contribution is -0.156. The van der Waals surface area contributed by atoms with Gasteiger partial charge >= 0.3 is 12.1 Å². The fourth-order valence-electron chi connectivity index (χ4n) is 1.55. The zero-order valence-corrected chi connectivity index (χ0v) is 9.75. The van der Waals surface area contributed by atoms with Gasteiger partial charge in [-0.3, -0.25) is 4.79 Å². The number of carboxylic acid groups (broad SMARTS) is 1. The molecule has 1 atom stereocenters. The van der Waals surface area contributed by atoms with Gasteiger partial charge < -0.3 is 10.0 Å². The molecule has 0 aliphatic carbocycles. The predicted octanol–water partition coefficient (Wildman–Crippen LogP) is 2.04. The second kappa shape index (κ2) is 5.88. The molecule has 0 rings (SSSR count). The maximum Gasteiger partial charge on any atom is 0.389 e. The van der Waals surface area contributed by atoms with Crippen LogP contribution in [0.4, 0.5) is 13.2 Å². The number of halogens is 3. The normalized spacial score (nSPS) is 15.1. The molecule has 0 spiro atoms. The third kappa shape index (κ3) is 4.62. The number of hydrogen-bond acceptors (Lipinski definition) is 2. The third-order valence-electron chi connectivity index (χ3n) is 2.69. The van der Waals surface area contributed by atoms with Crippen LogP contribution in [0.3, 0.4) is 0 Å². The van der Waals surface area contributed by atoms with Crippen LogP contribution < -0.4 is 0 Å². The van der Waals surface area contributed by atoms with Gasteiger partial charge in [-0.25, -0.2) is 4.79 Å². The van der Waals surface area contributed by atoms with Gasteiger partial charge in [-0.1, -0.05) is 0 Å². The van der Waals surface area contributed by atoms with E-state index < -0.39 is 24.1 Å². The summed E-state index contributed by atoms with van der Waals surface area (Å²) >= 11 is 0. The number of rotatable bonds is 7. The Hall–Kier alpha value is -1.27. The molecule has 0 saturated heterocycles. The molecule has 1 unspecified atom stereocenters. The molecule has 0 fully saturated rings. The molecule has 0 heterocycles. The van der Waals surface area contributed by atoms with E-state index in [4.69, 9.17) is 5.11 Å². The Labute approximate surface area is 97.4 Å². The molecule has 0 bridgehead atoms. The quantitative estimate of drug-likeness (QED) is 0.708. The molecular formula is C10H16F3NO3. The second-order valence-electron chi connectivity index (χ2n) is 3.94. The van der Waals surface area contributed by atoms with E-state index in [2.05, 4.69) is 0 Å². The minimum absolute atomic E-state index is 0.137. The summed E-state index contributed by atoms with van der Waals surface area (Å²) in [4.78, 5) is 22.7. The van der Waals surface area contributed by atoms with Gasteiger partial charge in [0, 0.05) is 13.0 Å². The molecule has 7 heteroatoms. The van der Waals surface area contributed by atoms with E-state index in [1.807, 2.05) is 0 Å². The summed E-state index contributed by atoms with van der Waals surface area (Å²) in [5.74, 6) is -1.30. The molecule has 17 heavy (non-hydrogen) atoms. The molecule has 0 aromatic carbocycles. The lowest BCUT2D eigenvalue weighted by Gasteiger charge is -2.34. The minimum atomic E-state index is -4.31. The number of nitrogens with zero attached hydrogens (tertiary/aromatic N) is 1. The van der Waals surface area contributed by atoms with E-state index in [0.29, 0.717) is 6.41 Å². The van der Waals surface area contributed by atoms with Crippen molar-refractivity contribution in [1.29, 1.82) is 0 Å². The maximum absolute atomic E-state index is 12.0. The number of likely N-dealkylation sites (N-methyl/N-ethyl adjacent to an activating group) is 1.